The maximum Gasteiger partial charge on any atom is 0.0469 e. The Balaban J connectivity index is 5.62. The Labute approximate surface area is 137 Å². The van der Waals surface area contributed by atoms with Crippen LogP contribution in [0.3, 0.4) is 0 Å². The third kappa shape index (κ3) is 7.42. The van der Waals surface area contributed by atoms with Gasteiger partial charge in [-0.25, -0.2) is 0 Å². The first-order chi connectivity index (χ1) is 10.4. The van der Waals surface area contributed by atoms with Crippen LogP contribution in [-0.2, 0) is 0 Å². The van der Waals surface area contributed by atoms with Gasteiger partial charge >= 0.3 is 0 Å². The first kappa shape index (κ1) is 20.4. The lowest BCUT2D eigenvalue weighted by Gasteiger charge is -2.15. The monoisotopic (exact) mass is 299 g/mol. The second-order valence-corrected chi connectivity index (χ2v) is 5.88. The summed E-state index contributed by atoms with van der Waals surface area (Å²) in [5, 5.41) is 3.35. The average Bonchev–Trinajstić information content (AvgIpc) is 2.48. The van der Waals surface area contributed by atoms with Crippen molar-refractivity contribution in [3.05, 3.63) is 71.4 Å². The van der Waals surface area contributed by atoms with Gasteiger partial charge in [-0.2, -0.15) is 0 Å². The fourth-order valence-corrected chi connectivity index (χ4v) is 2.23. The van der Waals surface area contributed by atoms with Crippen molar-refractivity contribution in [3.8, 4) is 0 Å². The maximum absolute atomic E-state index is 3.82. The minimum absolute atomic E-state index is 0.221. The van der Waals surface area contributed by atoms with Gasteiger partial charge in [0.05, 0.1) is 0 Å². The molecule has 0 saturated carbocycles. The number of hydrogen-bond acceptors (Lipinski definition) is 1. The number of allylic oxidation sites excluding steroid dienone is 9. The molecule has 1 unspecified atom stereocenters. The highest BCUT2D eigenvalue weighted by molar-refractivity contribution is 5.48. The van der Waals surface area contributed by atoms with E-state index in [1.807, 2.05) is 13.1 Å². The van der Waals surface area contributed by atoms with Gasteiger partial charge in [0.25, 0.3) is 0 Å². The lowest BCUT2D eigenvalue weighted by Crippen LogP contribution is -2.24. The first-order valence-corrected chi connectivity index (χ1v) is 8.07. The Hall–Kier alpha value is -1.60. The molecule has 0 rings (SSSR count). The van der Waals surface area contributed by atoms with E-state index in [1.54, 1.807) is 0 Å². The van der Waals surface area contributed by atoms with Crippen molar-refractivity contribution in [2.24, 2.45) is 5.92 Å². The lowest BCUT2D eigenvalue weighted by atomic mass is 9.96. The molecule has 0 aromatic heterocycles. The molecule has 0 aliphatic carbocycles. The molecule has 0 heterocycles. The minimum Gasteiger partial charge on any atom is -0.310 e. The van der Waals surface area contributed by atoms with Crippen LogP contribution in [0.25, 0.3) is 0 Å². The molecule has 0 saturated heterocycles. The highest BCUT2D eigenvalue weighted by atomic mass is 14.9. The minimum atomic E-state index is 0.221. The van der Waals surface area contributed by atoms with Crippen molar-refractivity contribution in [1.29, 1.82) is 0 Å². The molecule has 0 aromatic carbocycles. The van der Waals surface area contributed by atoms with Crippen molar-refractivity contribution < 1.29 is 0 Å². The van der Waals surface area contributed by atoms with Crippen molar-refractivity contribution in [3.63, 3.8) is 0 Å². The highest BCUT2D eigenvalue weighted by Gasteiger charge is 2.07. The Bertz CT molecular complexity index is 496. The number of nitrogens with one attached hydrogen (secondary N) is 1. The van der Waals surface area contributed by atoms with E-state index in [2.05, 4.69) is 89.9 Å². The van der Waals surface area contributed by atoms with E-state index in [1.165, 1.54) is 22.3 Å². The number of likely N-dealkylation sites (N-methyl/N-ethyl adjacent to an activating group) is 1. The van der Waals surface area contributed by atoms with Gasteiger partial charge in [0.15, 0.2) is 0 Å². The quantitative estimate of drug-likeness (QED) is 0.562. The molecule has 1 heteroatoms. The Kier molecular flexibility index (Phi) is 10.2. The molecule has 1 atom stereocenters. The first-order valence-electron chi connectivity index (χ1n) is 8.07. The van der Waals surface area contributed by atoms with Gasteiger partial charge in [-0.15, -0.1) is 0 Å². The normalized spacial score (nSPS) is 16.5. The summed E-state index contributed by atoms with van der Waals surface area (Å²) in [4.78, 5) is 0. The fourth-order valence-electron chi connectivity index (χ4n) is 2.23. The van der Waals surface area contributed by atoms with Crippen LogP contribution in [0.4, 0.5) is 0 Å². The van der Waals surface area contributed by atoms with Crippen LogP contribution in [-0.4, -0.2) is 13.1 Å². The average molecular weight is 300 g/mol. The smallest absolute Gasteiger partial charge is 0.0469 e. The van der Waals surface area contributed by atoms with Gasteiger partial charge in [0.1, 0.15) is 0 Å². The Morgan fingerprint density at radius 3 is 2.09 bits per heavy atom. The van der Waals surface area contributed by atoms with Crippen LogP contribution in [0.15, 0.2) is 71.4 Å². The van der Waals surface area contributed by atoms with Gasteiger partial charge in [-0.3, -0.25) is 0 Å². The van der Waals surface area contributed by atoms with Crippen LogP contribution >= 0.6 is 0 Å². The molecule has 0 aliphatic rings. The molecule has 1 N–H and O–H groups in total. The van der Waals surface area contributed by atoms with Crippen LogP contribution in [0.1, 0.15) is 41.5 Å². The summed E-state index contributed by atoms with van der Waals surface area (Å²) < 4.78 is 0. The summed E-state index contributed by atoms with van der Waals surface area (Å²) in [6, 6.07) is 0.221. The third-order valence-corrected chi connectivity index (χ3v) is 3.44. The molecule has 0 aromatic rings. The maximum atomic E-state index is 3.82. The van der Waals surface area contributed by atoms with Crippen molar-refractivity contribution in [1.82, 2.24) is 5.32 Å². The summed E-state index contributed by atoms with van der Waals surface area (Å²) in [7, 11) is 1.99. The largest absolute Gasteiger partial charge is 0.310 e. The second kappa shape index (κ2) is 11.0. The van der Waals surface area contributed by atoms with Crippen molar-refractivity contribution in [2.75, 3.05) is 7.05 Å². The highest BCUT2D eigenvalue weighted by Crippen LogP contribution is 2.19. The summed E-state index contributed by atoms with van der Waals surface area (Å²) in [5.41, 5.74) is 5.00. The van der Waals surface area contributed by atoms with Gasteiger partial charge in [-0.05, 0) is 51.8 Å². The molecule has 0 aliphatic heterocycles. The Morgan fingerprint density at radius 1 is 1.05 bits per heavy atom. The van der Waals surface area contributed by atoms with E-state index in [0.717, 1.165) is 0 Å². The van der Waals surface area contributed by atoms with Crippen LogP contribution in [0.5, 0.6) is 0 Å². The van der Waals surface area contributed by atoms with Crippen LogP contribution < -0.4 is 5.32 Å². The van der Waals surface area contributed by atoms with E-state index >= 15 is 0 Å². The molecule has 122 valence electrons. The number of hydrogen-bond donors (Lipinski definition) is 1. The van der Waals surface area contributed by atoms with E-state index < -0.39 is 0 Å². The van der Waals surface area contributed by atoms with Gasteiger partial charge in [-0.1, -0.05) is 74.1 Å². The van der Waals surface area contributed by atoms with Gasteiger partial charge in [0, 0.05) is 6.04 Å². The molecular formula is C21H33N. The molecule has 0 fully saturated rings. The topological polar surface area (TPSA) is 12.0 Å². The predicted molar refractivity (Wildman–Crippen MR) is 102 cm³/mol. The van der Waals surface area contributed by atoms with E-state index in [4.69, 9.17) is 0 Å². The SMILES string of the molecule is C=C/C(C)=C\C(NC)/C(C)=C/C(=C\C)C(/C=C\C)=C/C(C)C. The number of rotatable bonds is 8. The van der Waals surface area contributed by atoms with Crippen LogP contribution in [0.2, 0.25) is 0 Å². The summed E-state index contributed by atoms with van der Waals surface area (Å²) in [5.74, 6) is 0.526. The van der Waals surface area contributed by atoms with E-state index in [0.29, 0.717) is 5.92 Å². The fraction of sp³-hybridized carbons (Fsp3) is 0.429. The zero-order valence-corrected chi connectivity index (χ0v) is 15.4. The molecular weight excluding hydrogens is 266 g/mol. The van der Waals surface area contributed by atoms with Gasteiger partial charge in [0.2, 0.25) is 0 Å². The molecule has 0 spiro atoms. The van der Waals surface area contributed by atoms with Crippen LogP contribution in [0, 0.1) is 5.92 Å². The van der Waals surface area contributed by atoms with E-state index in [-0.39, 0.29) is 6.04 Å². The standard InChI is InChI=1S/C21H33N/c1-9-12-20(13-16(4)5)19(11-3)15-18(7)21(22-8)14-17(6)10-2/h9-16,21-22H,2H2,1,3-8H3/b12-9-,17-14-,18-15+,19-11+,20-13+. The predicted octanol–water partition coefficient (Wildman–Crippen LogP) is 5.76. The molecule has 0 amide bonds. The molecule has 0 bridgehead atoms. The third-order valence-electron chi connectivity index (χ3n) is 3.44. The zero-order chi connectivity index (χ0) is 17.1. The van der Waals surface area contributed by atoms with Gasteiger partial charge < -0.3 is 5.32 Å². The lowest BCUT2D eigenvalue weighted by molar-refractivity contribution is 0.747. The Morgan fingerprint density at radius 2 is 1.68 bits per heavy atom. The molecule has 0 radical (unpaired) electrons. The summed E-state index contributed by atoms with van der Waals surface area (Å²) >= 11 is 0. The second-order valence-electron chi connectivity index (χ2n) is 5.88. The molecule has 1 nitrogen and oxygen atoms in total. The summed E-state index contributed by atoms with van der Waals surface area (Å²) in [6.45, 7) is 16.6. The van der Waals surface area contributed by atoms with Crippen molar-refractivity contribution >= 4 is 0 Å². The molecule has 22 heavy (non-hydrogen) atoms. The zero-order valence-electron chi connectivity index (χ0n) is 15.4. The van der Waals surface area contributed by atoms with Crippen molar-refractivity contribution in [2.45, 2.75) is 47.6 Å². The van der Waals surface area contributed by atoms with E-state index in [9.17, 15) is 0 Å². The summed E-state index contributed by atoms with van der Waals surface area (Å²) in [6.07, 6.45) is 15.1.